The summed E-state index contributed by atoms with van der Waals surface area (Å²) in [6.45, 7) is 2.26. The van der Waals surface area contributed by atoms with Crippen LogP contribution in [0.25, 0.3) is 17.0 Å². The number of methoxy groups -OCH3 is 3. The number of ether oxygens (including phenoxy) is 3. The number of nitrogens with zero attached hydrogens (tertiary/aromatic N) is 4. The summed E-state index contributed by atoms with van der Waals surface area (Å²) in [4.78, 5) is 33.9. The number of nitriles is 1. The van der Waals surface area contributed by atoms with Gasteiger partial charge in [0.15, 0.2) is 16.3 Å². The lowest BCUT2D eigenvalue weighted by Gasteiger charge is -2.26. The maximum atomic E-state index is 14.6. The van der Waals surface area contributed by atoms with Crippen molar-refractivity contribution in [1.82, 2.24) is 9.13 Å². The highest BCUT2D eigenvalue weighted by molar-refractivity contribution is 7.07. The number of allylic oxidation sites excluding steroid dienone is 1. The van der Waals surface area contributed by atoms with Crippen LogP contribution in [0.5, 0.6) is 17.2 Å². The Kier molecular flexibility index (Phi) is 9.00. The molecule has 0 saturated carbocycles. The minimum absolute atomic E-state index is 0.304. The Hall–Kier alpha value is -6.38. The van der Waals surface area contributed by atoms with Crippen molar-refractivity contribution >= 4 is 39.9 Å². The van der Waals surface area contributed by atoms with Crippen LogP contribution >= 0.6 is 11.3 Å². The Balaban J connectivity index is 1.41. The van der Waals surface area contributed by atoms with Gasteiger partial charge in [-0.1, -0.05) is 65.9 Å². The summed E-state index contributed by atoms with van der Waals surface area (Å²) >= 11 is 1.25. The lowest BCUT2D eigenvalue weighted by atomic mass is 9.94. The second kappa shape index (κ2) is 13.9. The molecule has 51 heavy (non-hydrogen) atoms. The molecule has 7 rings (SSSR count). The number of hydrogen-bond acceptors (Lipinski definition) is 8. The van der Waals surface area contributed by atoms with Gasteiger partial charge in [0.2, 0.25) is 5.75 Å². The monoisotopic (exact) mass is 695 g/mol. The van der Waals surface area contributed by atoms with Crippen molar-refractivity contribution in [2.24, 2.45) is 4.99 Å². The van der Waals surface area contributed by atoms with E-state index < -0.39 is 11.9 Å². The molecule has 0 spiro atoms. The van der Waals surface area contributed by atoms with Crippen LogP contribution in [-0.2, 0) is 11.3 Å². The number of amides is 1. The van der Waals surface area contributed by atoms with Crippen molar-refractivity contribution in [2.75, 3.05) is 26.6 Å². The van der Waals surface area contributed by atoms with Crippen molar-refractivity contribution in [3.63, 3.8) is 0 Å². The van der Waals surface area contributed by atoms with E-state index >= 15 is 0 Å². The molecule has 2 aromatic heterocycles. The normalized spacial score (nSPS) is 14.1. The molecule has 0 radical (unpaired) electrons. The highest BCUT2D eigenvalue weighted by Gasteiger charge is 2.34. The van der Waals surface area contributed by atoms with Crippen LogP contribution in [0.4, 0.5) is 5.69 Å². The van der Waals surface area contributed by atoms with Crippen molar-refractivity contribution in [2.45, 2.75) is 19.5 Å². The van der Waals surface area contributed by atoms with Gasteiger partial charge in [-0.2, -0.15) is 5.26 Å². The zero-order chi connectivity index (χ0) is 35.6. The highest BCUT2D eigenvalue weighted by atomic mass is 32.1. The van der Waals surface area contributed by atoms with Gasteiger partial charge in [0.05, 0.1) is 54.8 Å². The van der Waals surface area contributed by atoms with Crippen LogP contribution in [0.15, 0.2) is 118 Å². The van der Waals surface area contributed by atoms with Gasteiger partial charge in [0, 0.05) is 34.9 Å². The van der Waals surface area contributed by atoms with Gasteiger partial charge < -0.3 is 24.1 Å². The van der Waals surface area contributed by atoms with E-state index in [0.717, 1.165) is 22.0 Å². The molecule has 10 nitrogen and oxygen atoms in total. The Bertz CT molecular complexity index is 2550. The maximum Gasteiger partial charge on any atom is 0.271 e. The van der Waals surface area contributed by atoms with Gasteiger partial charge in [-0.05, 0) is 60.5 Å². The van der Waals surface area contributed by atoms with Crippen LogP contribution in [0.1, 0.15) is 35.2 Å². The number of carbonyl (C=O) groups excluding carboxylic acids is 1. The van der Waals surface area contributed by atoms with Crippen molar-refractivity contribution in [3.05, 3.63) is 150 Å². The molecule has 4 aromatic carbocycles. The molecule has 0 fully saturated rings. The number of aromatic nitrogens is 2. The van der Waals surface area contributed by atoms with Crippen LogP contribution < -0.4 is 34.4 Å². The molecule has 1 aliphatic heterocycles. The van der Waals surface area contributed by atoms with Crippen molar-refractivity contribution < 1.29 is 19.0 Å². The lowest BCUT2D eigenvalue weighted by Crippen LogP contribution is -2.40. The smallest absolute Gasteiger partial charge is 0.271 e. The number of fused-ring (bicyclic) bond motifs is 2. The first-order chi connectivity index (χ1) is 24.8. The Morgan fingerprint density at radius 2 is 1.65 bits per heavy atom. The fraction of sp³-hybridized carbons (Fsp3) is 0.150. The number of carbonyl (C=O) groups is 1. The lowest BCUT2D eigenvalue weighted by molar-refractivity contribution is -0.113. The number of benzene rings is 4. The predicted octanol–water partition coefficient (Wildman–Crippen LogP) is 5.77. The quantitative estimate of drug-likeness (QED) is 0.205. The molecular weight excluding hydrogens is 663 g/mol. The molecule has 0 saturated heterocycles. The topological polar surface area (TPSA) is 120 Å². The molecule has 0 aliphatic carbocycles. The standard InChI is InChI=1S/C40H33N5O5S/c1-24-35(38(46)43-29-14-6-5-7-15-29)36(27-18-32(48-2)37(50-4)33(19-27)49-3)45-39(47)34(51-40(45)42-24)20-28-23-44(31-17-11-10-16-30(28)31)22-26-13-9-8-12-25(26)21-41/h5-20,23,36H,22H2,1-4H3,(H,43,46)/b34-20-/t36-/m0/s1. The molecule has 1 aliphatic rings. The van der Waals surface area contributed by atoms with E-state index in [2.05, 4.69) is 16.0 Å². The largest absolute Gasteiger partial charge is 0.493 e. The number of anilines is 1. The van der Waals surface area contributed by atoms with Gasteiger partial charge in [-0.25, -0.2) is 4.99 Å². The molecule has 1 amide bonds. The molecule has 3 heterocycles. The van der Waals surface area contributed by atoms with E-state index in [1.165, 1.54) is 32.7 Å². The van der Waals surface area contributed by atoms with Crippen LogP contribution in [-0.4, -0.2) is 36.4 Å². The Morgan fingerprint density at radius 1 is 0.961 bits per heavy atom. The average Bonchev–Trinajstić information content (AvgIpc) is 3.66. The number of nitrogens with one attached hydrogen (secondary N) is 1. The van der Waals surface area contributed by atoms with Crippen LogP contribution in [0.3, 0.4) is 0 Å². The molecule has 254 valence electrons. The zero-order valence-electron chi connectivity index (χ0n) is 28.3. The third kappa shape index (κ3) is 6.06. The van der Waals surface area contributed by atoms with Crippen LogP contribution in [0, 0.1) is 11.3 Å². The first kappa shape index (κ1) is 33.1. The molecule has 6 aromatic rings. The third-order valence-corrected chi connectivity index (χ3v) is 9.87. The summed E-state index contributed by atoms with van der Waals surface area (Å²) < 4.78 is 21.0. The van der Waals surface area contributed by atoms with E-state index in [0.29, 0.717) is 61.2 Å². The van der Waals surface area contributed by atoms with Crippen LogP contribution in [0.2, 0.25) is 0 Å². The van der Waals surface area contributed by atoms with Gasteiger partial charge >= 0.3 is 0 Å². The Morgan fingerprint density at radius 3 is 2.35 bits per heavy atom. The molecule has 0 unspecified atom stereocenters. The van der Waals surface area contributed by atoms with Gasteiger partial charge in [-0.15, -0.1) is 0 Å². The molecule has 1 N–H and O–H groups in total. The zero-order valence-corrected chi connectivity index (χ0v) is 29.2. The minimum atomic E-state index is -0.871. The fourth-order valence-corrected chi connectivity index (χ4v) is 7.56. The summed E-state index contributed by atoms with van der Waals surface area (Å²) in [5.74, 6) is 0.770. The van der Waals surface area contributed by atoms with E-state index in [4.69, 9.17) is 19.2 Å². The number of hydrogen-bond donors (Lipinski definition) is 1. The number of para-hydroxylation sites is 2. The minimum Gasteiger partial charge on any atom is -0.493 e. The third-order valence-electron chi connectivity index (χ3n) is 8.89. The first-order valence-corrected chi connectivity index (χ1v) is 16.9. The second-order valence-corrected chi connectivity index (χ2v) is 12.9. The van der Waals surface area contributed by atoms with Crippen molar-refractivity contribution in [1.29, 1.82) is 5.26 Å². The van der Waals surface area contributed by atoms with E-state index in [9.17, 15) is 14.9 Å². The molecule has 11 heteroatoms. The average molecular weight is 696 g/mol. The van der Waals surface area contributed by atoms with Crippen molar-refractivity contribution in [3.8, 4) is 23.3 Å². The SMILES string of the molecule is COc1cc([C@H]2C(C(=O)Nc3ccccc3)=C(C)N=c3s/c(=C\c4cn(Cc5ccccc5C#N)c5ccccc45)c(=O)n32)cc(OC)c1OC. The predicted molar refractivity (Wildman–Crippen MR) is 197 cm³/mol. The summed E-state index contributed by atoms with van der Waals surface area (Å²) in [7, 11) is 4.56. The second-order valence-electron chi connectivity index (χ2n) is 11.9. The fourth-order valence-electron chi connectivity index (χ4n) is 6.52. The van der Waals surface area contributed by atoms with Gasteiger partial charge in [0.25, 0.3) is 11.5 Å². The Labute approximate surface area is 297 Å². The molecular formula is C40H33N5O5S. The molecule has 0 bridgehead atoms. The van der Waals surface area contributed by atoms with Gasteiger partial charge in [0.1, 0.15) is 0 Å². The summed E-state index contributed by atoms with van der Waals surface area (Å²) in [5, 5.41) is 13.6. The summed E-state index contributed by atoms with van der Waals surface area (Å²) in [6.07, 6.45) is 3.87. The van der Waals surface area contributed by atoms with E-state index in [1.807, 2.05) is 79.0 Å². The number of thiazole rings is 1. The number of rotatable bonds is 9. The first-order valence-electron chi connectivity index (χ1n) is 16.1. The maximum absolute atomic E-state index is 14.6. The summed E-state index contributed by atoms with van der Waals surface area (Å²) in [6, 6.07) is 29.5. The molecule has 1 atom stereocenters. The van der Waals surface area contributed by atoms with E-state index in [-0.39, 0.29) is 5.56 Å². The van der Waals surface area contributed by atoms with E-state index in [1.54, 1.807) is 35.8 Å². The summed E-state index contributed by atoms with van der Waals surface area (Å²) in [5.41, 5.74) is 4.98. The van der Waals surface area contributed by atoms with Gasteiger partial charge in [-0.3, -0.25) is 14.2 Å². The highest BCUT2D eigenvalue weighted by Crippen LogP contribution is 2.42.